The van der Waals surface area contributed by atoms with Crippen molar-refractivity contribution in [2.45, 2.75) is 24.3 Å². The lowest BCUT2D eigenvalue weighted by Gasteiger charge is -2.08. The van der Waals surface area contributed by atoms with Gasteiger partial charge in [-0.15, -0.1) is 10.2 Å². The molecule has 0 aliphatic carbocycles. The summed E-state index contributed by atoms with van der Waals surface area (Å²) in [5.74, 6) is -1.16. The van der Waals surface area contributed by atoms with E-state index in [0.717, 1.165) is 12.1 Å². The minimum atomic E-state index is -4.77. The van der Waals surface area contributed by atoms with Crippen LogP contribution in [0.2, 0.25) is 0 Å². The van der Waals surface area contributed by atoms with Crippen molar-refractivity contribution in [3.8, 4) is 11.5 Å². The summed E-state index contributed by atoms with van der Waals surface area (Å²) in [5, 5.41) is 7.41. The van der Waals surface area contributed by atoms with E-state index in [1.54, 1.807) is 0 Å². The zero-order valence-electron chi connectivity index (χ0n) is 10.2. The Balaban J connectivity index is 2.41. The lowest BCUT2D eigenvalue weighted by atomic mass is 10.1. The second kappa shape index (κ2) is 5.51. The molecule has 1 unspecified atom stereocenters. The molecular weight excluding hydrogens is 344 g/mol. The van der Waals surface area contributed by atoms with Crippen molar-refractivity contribution in [3.63, 3.8) is 0 Å². The second-order valence-corrected chi connectivity index (χ2v) is 5.12. The second-order valence-electron chi connectivity index (χ2n) is 4.01. The quantitative estimate of drug-likeness (QED) is 0.591. The molecule has 108 valence electrons. The van der Waals surface area contributed by atoms with Crippen molar-refractivity contribution >= 4 is 15.9 Å². The number of alkyl halides is 4. The van der Waals surface area contributed by atoms with Crippen LogP contribution < -0.4 is 0 Å². The van der Waals surface area contributed by atoms with Crippen molar-refractivity contribution in [1.82, 2.24) is 10.2 Å². The van der Waals surface area contributed by atoms with Gasteiger partial charge in [0.25, 0.3) is 0 Å². The third-order valence-corrected chi connectivity index (χ3v) is 3.62. The predicted molar refractivity (Wildman–Crippen MR) is 66.7 cm³/mol. The molecule has 0 fully saturated rings. The molecule has 8 heteroatoms. The van der Waals surface area contributed by atoms with Crippen LogP contribution in [0, 0.1) is 5.82 Å². The van der Waals surface area contributed by atoms with E-state index in [1.807, 2.05) is 6.92 Å². The molecule has 0 amide bonds. The largest absolute Gasteiger partial charge is 0.419 e. The lowest BCUT2D eigenvalue weighted by Crippen LogP contribution is -2.08. The maximum Gasteiger partial charge on any atom is 0.419 e. The minimum Gasteiger partial charge on any atom is -0.419 e. The van der Waals surface area contributed by atoms with E-state index >= 15 is 0 Å². The monoisotopic (exact) mass is 352 g/mol. The van der Waals surface area contributed by atoms with E-state index in [1.165, 1.54) is 0 Å². The molecule has 1 atom stereocenters. The maximum absolute atomic E-state index is 13.2. The summed E-state index contributed by atoms with van der Waals surface area (Å²) in [6, 6.07) is 2.55. The van der Waals surface area contributed by atoms with Gasteiger partial charge in [-0.2, -0.15) is 13.2 Å². The van der Waals surface area contributed by atoms with E-state index in [4.69, 9.17) is 4.42 Å². The van der Waals surface area contributed by atoms with Gasteiger partial charge < -0.3 is 4.42 Å². The Kier molecular flexibility index (Phi) is 4.12. The molecular formula is C12H9BrF4N2O. The van der Waals surface area contributed by atoms with Crippen molar-refractivity contribution in [1.29, 1.82) is 0 Å². The zero-order valence-corrected chi connectivity index (χ0v) is 11.8. The molecule has 0 aliphatic heterocycles. The van der Waals surface area contributed by atoms with Gasteiger partial charge in [0.1, 0.15) is 5.82 Å². The van der Waals surface area contributed by atoms with Gasteiger partial charge in [0.2, 0.25) is 11.8 Å². The highest BCUT2D eigenvalue weighted by Crippen LogP contribution is 2.34. The first-order chi connectivity index (χ1) is 9.32. The van der Waals surface area contributed by atoms with E-state index in [0.29, 0.717) is 12.5 Å². The Morgan fingerprint density at radius 1 is 1.30 bits per heavy atom. The molecule has 0 radical (unpaired) electrons. The smallest absolute Gasteiger partial charge is 0.419 e. The molecule has 3 nitrogen and oxygen atoms in total. The van der Waals surface area contributed by atoms with Crippen molar-refractivity contribution in [3.05, 3.63) is 35.5 Å². The Hall–Kier alpha value is -1.44. The molecule has 2 aromatic rings. The Labute approximate surface area is 120 Å². The SMILES string of the molecule is CCC(Br)c1nnc(-c2ccc(F)c(C(F)(F)F)c2)o1. The standard InChI is InChI=1S/C12H9BrF4N2O/c1-2-8(13)11-19-18-10(20-11)6-3-4-9(14)7(5-6)12(15,16)17/h3-5,8H,2H2,1H3. The van der Waals surface area contributed by atoms with Crippen LogP contribution in [-0.2, 0) is 6.18 Å². The lowest BCUT2D eigenvalue weighted by molar-refractivity contribution is -0.139. The summed E-state index contributed by atoms with van der Waals surface area (Å²) >= 11 is 3.29. The Morgan fingerprint density at radius 3 is 2.60 bits per heavy atom. The van der Waals surface area contributed by atoms with Crippen LogP contribution in [0.1, 0.15) is 29.6 Å². The predicted octanol–water partition coefficient (Wildman–Crippen LogP) is 4.74. The van der Waals surface area contributed by atoms with Crippen molar-refractivity contribution < 1.29 is 22.0 Å². The highest BCUT2D eigenvalue weighted by Gasteiger charge is 2.34. The molecule has 0 aliphatic rings. The molecule has 0 N–H and O–H groups in total. The van der Waals surface area contributed by atoms with Crippen molar-refractivity contribution in [2.75, 3.05) is 0 Å². The van der Waals surface area contributed by atoms with Crippen LogP contribution in [0.4, 0.5) is 17.6 Å². The van der Waals surface area contributed by atoms with Gasteiger partial charge in [-0.1, -0.05) is 22.9 Å². The topological polar surface area (TPSA) is 38.9 Å². The third-order valence-electron chi connectivity index (χ3n) is 2.59. The van der Waals surface area contributed by atoms with Gasteiger partial charge in [-0.05, 0) is 24.6 Å². The number of nitrogens with zero attached hydrogens (tertiary/aromatic N) is 2. The van der Waals surface area contributed by atoms with Crippen LogP contribution in [0.15, 0.2) is 22.6 Å². The first kappa shape index (κ1) is 15.0. The molecule has 0 saturated carbocycles. The van der Waals surface area contributed by atoms with Gasteiger partial charge in [-0.3, -0.25) is 0 Å². The van der Waals surface area contributed by atoms with Gasteiger partial charge in [-0.25, -0.2) is 4.39 Å². The first-order valence-corrected chi connectivity index (χ1v) is 6.59. The fourth-order valence-corrected chi connectivity index (χ4v) is 1.71. The summed E-state index contributed by atoms with van der Waals surface area (Å²) in [7, 11) is 0. The number of benzene rings is 1. The fourth-order valence-electron chi connectivity index (χ4n) is 1.53. The third kappa shape index (κ3) is 3.00. The number of halogens is 5. The Bertz CT molecular complexity index is 612. The summed E-state index contributed by atoms with van der Waals surface area (Å²) in [6.07, 6.45) is -4.09. The maximum atomic E-state index is 13.2. The van der Waals surface area contributed by atoms with Crippen molar-refractivity contribution in [2.24, 2.45) is 0 Å². The highest BCUT2D eigenvalue weighted by atomic mass is 79.9. The normalized spacial score (nSPS) is 13.5. The zero-order chi connectivity index (χ0) is 14.9. The molecule has 2 rings (SSSR count). The van der Waals surface area contributed by atoms with Crippen LogP contribution >= 0.6 is 15.9 Å². The first-order valence-electron chi connectivity index (χ1n) is 5.67. The number of hydrogen-bond donors (Lipinski definition) is 0. The summed E-state index contributed by atoms with van der Waals surface area (Å²) in [4.78, 5) is -0.175. The van der Waals surface area contributed by atoms with E-state index < -0.39 is 17.6 Å². The summed E-state index contributed by atoms with van der Waals surface area (Å²) in [6.45, 7) is 1.88. The average Bonchev–Trinajstić information content (AvgIpc) is 2.86. The molecule has 1 aromatic heterocycles. The van der Waals surface area contributed by atoms with E-state index in [-0.39, 0.29) is 22.2 Å². The Morgan fingerprint density at radius 2 is 2.00 bits per heavy atom. The average molecular weight is 353 g/mol. The highest BCUT2D eigenvalue weighted by molar-refractivity contribution is 9.09. The fraction of sp³-hybridized carbons (Fsp3) is 0.333. The van der Waals surface area contributed by atoms with Crippen LogP contribution in [0.25, 0.3) is 11.5 Å². The van der Waals surface area contributed by atoms with Gasteiger partial charge in [0.05, 0.1) is 10.4 Å². The molecule has 1 heterocycles. The number of hydrogen-bond acceptors (Lipinski definition) is 3. The number of rotatable bonds is 3. The van der Waals surface area contributed by atoms with Gasteiger partial charge >= 0.3 is 6.18 Å². The van der Waals surface area contributed by atoms with Gasteiger partial charge in [0.15, 0.2) is 0 Å². The van der Waals surface area contributed by atoms with Gasteiger partial charge in [0, 0.05) is 5.56 Å². The van der Waals surface area contributed by atoms with E-state index in [2.05, 4.69) is 26.1 Å². The van der Waals surface area contributed by atoms with Crippen LogP contribution in [-0.4, -0.2) is 10.2 Å². The van der Waals surface area contributed by atoms with E-state index in [9.17, 15) is 17.6 Å². The number of aromatic nitrogens is 2. The van der Waals surface area contributed by atoms with Crippen LogP contribution in [0.3, 0.4) is 0 Å². The molecule has 0 saturated heterocycles. The molecule has 0 spiro atoms. The summed E-state index contributed by atoms with van der Waals surface area (Å²) < 4.78 is 56.3. The molecule has 1 aromatic carbocycles. The molecule has 0 bridgehead atoms. The minimum absolute atomic E-state index is 0.0216. The van der Waals surface area contributed by atoms with Crippen LogP contribution in [0.5, 0.6) is 0 Å². The molecule has 20 heavy (non-hydrogen) atoms. The summed E-state index contributed by atoms with van der Waals surface area (Å²) in [5.41, 5.74) is -1.34.